The third-order valence-electron chi connectivity index (χ3n) is 3.97. The number of anilines is 1. The summed E-state index contributed by atoms with van der Waals surface area (Å²) in [4.78, 5) is 23.9. The van der Waals surface area contributed by atoms with Crippen molar-refractivity contribution < 1.29 is 23.1 Å². The summed E-state index contributed by atoms with van der Waals surface area (Å²) in [5.74, 6) is -1.65. The smallest absolute Gasteiger partial charge is 0.348 e. The van der Waals surface area contributed by atoms with Gasteiger partial charge in [0, 0.05) is 6.54 Å². The van der Waals surface area contributed by atoms with Crippen LogP contribution in [0.4, 0.5) is 5.69 Å². The minimum atomic E-state index is -3.78. The van der Waals surface area contributed by atoms with Gasteiger partial charge in [-0.25, -0.2) is 13.2 Å². The second-order valence-electron chi connectivity index (χ2n) is 5.54. The number of rotatable bonds is 5. The van der Waals surface area contributed by atoms with Crippen LogP contribution in [0.2, 0.25) is 0 Å². The standard InChI is InChI=1S/C16H16N2O5S2/c19-15(17-12-8-10-24-14(12)16(20)21)13-7-4-9-18(13)25(22,23)11-5-2-1-3-6-11/h1-3,5-6,8,10,13H,4,7,9H2,(H,17,19)(H,20,21)/t13-/m1/s1. The molecule has 1 fully saturated rings. The van der Waals surface area contributed by atoms with E-state index in [-0.39, 0.29) is 22.0 Å². The second-order valence-corrected chi connectivity index (χ2v) is 8.35. The van der Waals surface area contributed by atoms with Gasteiger partial charge in [0.05, 0.1) is 10.6 Å². The van der Waals surface area contributed by atoms with Crippen molar-refractivity contribution in [2.45, 2.75) is 23.8 Å². The Hall–Kier alpha value is -2.23. The minimum Gasteiger partial charge on any atom is -0.477 e. The molecule has 0 saturated carbocycles. The number of nitrogens with one attached hydrogen (secondary N) is 1. The van der Waals surface area contributed by atoms with E-state index in [9.17, 15) is 18.0 Å². The highest BCUT2D eigenvalue weighted by Crippen LogP contribution is 2.28. The van der Waals surface area contributed by atoms with Gasteiger partial charge in [-0.2, -0.15) is 4.31 Å². The predicted molar refractivity (Wildman–Crippen MR) is 93.3 cm³/mol. The van der Waals surface area contributed by atoms with Crippen LogP contribution in [0.5, 0.6) is 0 Å². The summed E-state index contributed by atoms with van der Waals surface area (Å²) in [7, 11) is -3.78. The van der Waals surface area contributed by atoms with E-state index < -0.39 is 27.9 Å². The van der Waals surface area contributed by atoms with E-state index in [1.165, 1.54) is 22.5 Å². The maximum absolute atomic E-state index is 12.8. The summed E-state index contributed by atoms with van der Waals surface area (Å²) in [5, 5.41) is 13.2. The topological polar surface area (TPSA) is 104 Å². The molecule has 3 rings (SSSR count). The third kappa shape index (κ3) is 3.44. The Bertz CT molecular complexity index is 892. The van der Waals surface area contributed by atoms with Crippen LogP contribution in [0.25, 0.3) is 0 Å². The summed E-state index contributed by atoms with van der Waals surface area (Å²) in [6, 6.07) is 8.60. The van der Waals surface area contributed by atoms with Crippen LogP contribution in [-0.2, 0) is 14.8 Å². The quantitative estimate of drug-likeness (QED) is 0.828. The lowest BCUT2D eigenvalue weighted by atomic mass is 10.2. The molecule has 2 heterocycles. The van der Waals surface area contributed by atoms with Crippen LogP contribution >= 0.6 is 11.3 Å². The fourth-order valence-corrected chi connectivity index (χ4v) is 5.17. The van der Waals surface area contributed by atoms with Crippen LogP contribution in [-0.4, -0.2) is 42.3 Å². The largest absolute Gasteiger partial charge is 0.477 e. The van der Waals surface area contributed by atoms with E-state index in [1.807, 2.05) is 0 Å². The van der Waals surface area contributed by atoms with Gasteiger partial charge in [-0.05, 0) is 36.4 Å². The van der Waals surface area contributed by atoms with Crippen molar-refractivity contribution in [3.8, 4) is 0 Å². The zero-order chi connectivity index (χ0) is 18.0. The van der Waals surface area contributed by atoms with E-state index in [0.29, 0.717) is 12.8 Å². The number of carboxylic acids is 1. The maximum atomic E-state index is 12.8. The number of sulfonamides is 1. The predicted octanol–water partition coefficient (Wildman–Crippen LogP) is 2.24. The second kappa shape index (κ2) is 6.95. The first-order valence-electron chi connectivity index (χ1n) is 7.60. The fraction of sp³-hybridized carbons (Fsp3) is 0.250. The molecule has 0 unspecified atom stereocenters. The van der Waals surface area contributed by atoms with Crippen molar-refractivity contribution in [2.24, 2.45) is 0 Å². The lowest BCUT2D eigenvalue weighted by Crippen LogP contribution is -2.43. The molecule has 1 aliphatic rings. The molecule has 1 aromatic carbocycles. The van der Waals surface area contributed by atoms with E-state index in [4.69, 9.17) is 5.11 Å². The summed E-state index contributed by atoms with van der Waals surface area (Å²) < 4.78 is 26.7. The van der Waals surface area contributed by atoms with Crippen LogP contribution in [0.15, 0.2) is 46.7 Å². The number of carbonyl (C=O) groups is 2. The van der Waals surface area contributed by atoms with Gasteiger partial charge in [0.25, 0.3) is 0 Å². The van der Waals surface area contributed by atoms with Gasteiger partial charge in [-0.1, -0.05) is 18.2 Å². The summed E-state index contributed by atoms with van der Waals surface area (Å²) in [6.45, 7) is 0.255. The summed E-state index contributed by atoms with van der Waals surface area (Å²) in [6.07, 6.45) is 0.962. The number of benzene rings is 1. The highest BCUT2D eigenvalue weighted by molar-refractivity contribution is 7.89. The van der Waals surface area contributed by atoms with Gasteiger partial charge in [0.15, 0.2) is 0 Å². The van der Waals surface area contributed by atoms with Crippen LogP contribution in [0, 0.1) is 0 Å². The van der Waals surface area contributed by atoms with Crippen molar-refractivity contribution in [3.63, 3.8) is 0 Å². The molecule has 0 bridgehead atoms. The monoisotopic (exact) mass is 380 g/mol. The van der Waals surface area contributed by atoms with Crippen molar-refractivity contribution >= 4 is 38.9 Å². The van der Waals surface area contributed by atoms with Gasteiger partial charge in [-0.15, -0.1) is 11.3 Å². The number of thiophene rings is 1. The molecule has 7 nitrogen and oxygen atoms in total. The van der Waals surface area contributed by atoms with Gasteiger partial charge < -0.3 is 10.4 Å². The van der Waals surface area contributed by atoms with Crippen molar-refractivity contribution in [1.82, 2.24) is 4.31 Å². The highest BCUT2D eigenvalue weighted by Gasteiger charge is 2.39. The number of aromatic carboxylic acids is 1. The molecule has 2 aromatic rings. The summed E-state index contributed by atoms with van der Waals surface area (Å²) >= 11 is 0.999. The van der Waals surface area contributed by atoms with E-state index >= 15 is 0 Å². The molecular weight excluding hydrogens is 364 g/mol. The molecule has 2 N–H and O–H groups in total. The molecule has 1 aromatic heterocycles. The molecule has 25 heavy (non-hydrogen) atoms. The number of nitrogens with zero attached hydrogens (tertiary/aromatic N) is 1. The SMILES string of the molecule is O=C(O)c1sccc1NC(=O)[C@H]1CCCN1S(=O)(=O)c1ccccc1. The van der Waals surface area contributed by atoms with Crippen molar-refractivity contribution in [1.29, 1.82) is 0 Å². The molecule has 0 aliphatic carbocycles. The molecule has 132 valence electrons. The van der Waals surface area contributed by atoms with E-state index in [1.54, 1.807) is 23.6 Å². The normalized spacial score (nSPS) is 18.2. The molecule has 0 radical (unpaired) electrons. The van der Waals surface area contributed by atoms with Crippen LogP contribution in [0.3, 0.4) is 0 Å². The number of carbonyl (C=O) groups excluding carboxylic acids is 1. The molecule has 1 saturated heterocycles. The number of amides is 1. The first kappa shape index (κ1) is 17.6. The maximum Gasteiger partial charge on any atom is 0.348 e. The number of hydrogen-bond donors (Lipinski definition) is 2. The fourth-order valence-electron chi connectivity index (χ4n) is 2.81. The molecule has 1 amide bonds. The Morgan fingerprint density at radius 1 is 1.20 bits per heavy atom. The van der Waals surface area contributed by atoms with Gasteiger partial charge in [-0.3, -0.25) is 4.79 Å². The van der Waals surface area contributed by atoms with E-state index in [0.717, 1.165) is 11.3 Å². The first-order valence-corrected chi connectivity index (χ1v) is 9.92. The van der Waals surface area contributed by atoms with E-state index in [2.05, 4.69) is 5.32 Å². The molecular formula is C16H16N2O5S2. The zero-order valence-electron chi connectivity index (χ0n) is 13.1. The molecule has 9 heteroatoms. The Morgan fingerprint density at radius 3 is 2.60 bits per heavy atom. The average molecular weight is 380 g/mol. The summed E-state index contributed by atoms with van der Waals surface area (Å²) in [5.41, 5.74) is 0.187. The van der Waals surface area contributed by atoms with Crippen LogP contribution in [0.1, 0.15) is 22.5 Å². The Morgan fingerprint density at radius 2 is 1.92 bits per heavy atom. The Kier molecular flexibility index (Phi) is 4.89. The number of carboxylic acid groups (broad SMARTS) is 1. The van der Waals surface area contributed by atoms with Crippen molar-refractivity contribution in [2.75, 3.05) is 11.9 Å². The van der Waals surface area contributed by atoms with Crippen molar-refractivity contribution in [3.05, 3.63) is 46.7 Å². The first-order chi connectivity index (χ1) is 11.9. The van der Waals surface area contributed by atoms with Gasteiger partial charge in [0.2, 0.25) is 15.9 Å². The minimum absolute atomic E-state index is 0.0174. The zero-order valence-corrected chi connectivity index (χ0v) is 14.7. The molecule has 1 aliphatic heterocycles. The molecule has 1 atom stereocenters. The average Bonchev–Trinajstić information content (AvgIpc) is 3.25. The van der Waals surface area contributed by atoms with Gasteiger partial charge >= 0.3 is 5.97 Å². The Balaban J connectivity index is 1.83. The number of hydrogen-bond acceptors (Lipinski definition) is 5. The lowest BCUT2D eigenvalue weighted by molar-refractivity contribution is -0.119. The van der Waals surface area contributed by atoms with Gasteiger partial charge in [0.1, 0.15) is 10.9 Å². The van der Waals surface area contributed by atoms with Crippen LogP contribution < -0.4 is 5.32 Å². The third-order valence-corrected chi connectivity index (χ3v) is 6.80. The lowest BCUT2D eigenvalue weighted by Gasteiger charge is -2.23. The highest BCUT2D eigenvalue weighted by atomic mass is 32.2. The Labute approximate surface area is 149 Å². The molecule has 0 spiro atoms.